The summed E-state index contributed by atoms with van der Waals surface area (Å²) >= 11 is 0. The summed E-state index contributed by atoms with van der Waals surface area (Å²) in [7, 11) is 0. The number of fused-ring (bicyclic) bond motifs is 3. The molecular formula is C48H35N3O. The van der Waals surface area contributed by atoms with Crippen molar-refractivity contribution in [2.45, 2.75) is 19.4 Å². The first-order chi connectivity index (χ1) is 25.5. The van der Waals surface area contributed by atoms with Gasteiger partial charge in [0, 0.05) is 27.8 Å². The second-order valence-corrected chi connectivity index (χ2v) is 13.6. The molecule has 0 radical (unpaired) electrons. The van der Waals surface area contributed by atoms with E-state index in [-0.39, 0.29) is 5.60 Å². The molecular weight excluding hydrogens is 635 g/mol. The minimum atomic E-state index is -0.387. The average Bonchev–Trinajstić information content (AvgIpc) is 3.21. The van der Waals surface area contributed by atoms with Gasteiger partial charge in [0.05, 0.1) is 0 Å². The van der Waals surface area contributed by atoms with Gasteiger partial charge < -0.3 is 4.74 Å². The number of rotatable bonds is 6. The van der Waals surface area contributed by atoms with E-state index in [2.05, 4.69) is 129 Å². The summed E-state index contributed by atoms with van der Waals surface area (Å²) in [6, 6.07) is 61.2. The minimum Gasteiger partial charge on any atom is -0.482 e. The van der Waals surface area contributed by atoms with Crippen molar-refractivity contribution in [3.05, 3.63) is 181 Å². The number of benzene rings is 7. The Labute approximate surface area is 304 Å². The molecule has 0 N–H and O–H groups in total. The van der Waals surface area contributed by atoms with E-state index in [0.717, 1.165) is 55.8 Å². The highest BCUT2D eigenvalue weighted by Crippen LogP contribution is 2.46. The summed E-state index contributed by atoms with van der Waals surface area (Å²) in [6.07, 6.45) is 0. The smallest absolute Gasteiger partial charge is 0.164 e. The Morgan fingerprint density at radius 3 is 1.29 bits per heavy atom. The van der Waals surface area contributed by atoms with Crippen LogP contribution in [0, 0.1) is 0 Å². The fourth-order valence-electron chi connectivity index (χ4n) is 7.06. The molecule has 4 heteroatoms. The van der Waals surface area contributed by atoms with E-state index < -0.39 is 0 Å². The van der Waals surface area contributed by atoms with Crippen molar-refractivity contribution in [1.82, 2.24) is 15.0 Å². The molecule has 0 saturated heterocycles. The maximum absolute atomic E-state index is 6.53. The number of nitrogens with zero attached hydrogens (tertiary/aromatic N) is 3. The molecule has 7 aromatic carbocycles. The van der Waals surface area contributed by atoms with Gasteiger partial charge in [-0.25, -0.2) is 15.0 Å². The molecule has 248 valence electrons. The highest BCUT2D eigenvalue weighted by molar-refractivity contribution is 5.82. The summed E-state index contributed by atoms with van der Waals surface area (Å²) < 4.78 is 6.53. The zero-order chi connectivity index (χ0) is 35.1. The van der Waals surface area contributed by atoms with Gasteiger partial charge in [0.25, 0.3) is 0 Å². The number of ether oxygens (including phenoxy) is 1. The van der Waals surface area contributed by atoms with E-state index in [9.17, 15) is 0 Å². The zero-order valence-corrected chi connectivity index (χ0v) is 29.0. The summed E-state index contributed by atoms with van der Waals surface area (Å²) in [4.78, 5) is 14.6. The summed E-state index contributed by atoms with van der Waals surface area (Å²) in [6.45, 7) is 4.27. The molecule has 0 bridgehead atoms. The Kier molecular flexibility index (Phi) is 7.78. The Bertz CT molecular complexity index is 2480. The topological polar surface area (TPSA) is 47.9 Å². The van der Waals surface area contributed by atoms with E-state index in [0.29, 0.717) is 17.5 Å². The van der Waals surface area contributed by atoms with E-state index in [1.54, 1.807) is 0 Å². The first-order valence-electron chi connectivity index (χ1n) is 17.6. The number of hydrogen-bond donors (Lipinski definition) is 0. The molecule has 0 amide bonds. The molecule has 2 heterocycles. The highest BCUT2D eigenvalue weighted by Gasteiger charge is 2.32. The zero-order valence-electron chi connectivity index (χ0n) is 29.0. The monoisotopic (exact) mass is 669 g/mol. The second-order valence-electron chi connectivity index (χ2n) is 13.6. The number of aromatic nitrogens is 3. The van der Waals surface area contributed by atoms with Crippen LogP contribution in [0.3, 0.4) is 0 Å². The first kappa shape index (κ1) is 31.3. The molecule has 52 heavy (non-hydrogen) atoms. The molecule has 4 nitrogen and oxygen atoms in total. The van der Waals surface area contributed by atoms with Crippen LogP contribution in [0.4, 0.5) is 0 Å². The van der Waals surface area contributed by atoms with Crippen molar-refractivity contribution < 1.29 is 4.74 Å². The van der Waals surface area contributed by atoms with Gasteiger partial charge in [-0.05, 0) is 64.9 Å². The lowest BCUT2D eigenvalue weighted by molar-refractivity contribution is 0.106. The van der Waals surface area contributed by atoms with Crippen LogP contribution in [0.25, 0.3) is 78.7 Å². The average molecular weight is 670 g/mol. The standard InChI is InChI=1S/C48H35N3O/c1-48(2)43-19-10-9-18-41(43)42-29-28-40(31-44(42)52-48)34-22-20-32(21-23-34)38-16-11-17-39(30-38)33-24-26-37(27-25-33)47-50-45(35-12-5-3-6-13-35)49-46(51-47)36-14-7-4-8-15-36/h3-31H,1-2H3. The van der Waals surface area contributed by atoms with Gasteiger partial charge in [0.2, 0.25) is 0 Å². The summed E-state index contributed by atoms with van der Waals surface area (Å²) in [5.74, 6) is 2.88. The highest BCUT2D eigenvalue weighted by atomic mass is 16.5. The molecule has 8 aromatic rings. The van der Waals surface area contributed by atoms with Gasteiger partial charge in [0.1, 0.15) is 11.4 Å². The molecule has 1 aromatic heterocycles. The Morgan fingerprint density at radius 2 is 0.750 bits per heavy atom. The van der Waals surface area contributed by atoms with Crippen LogP contribution < -0.4 is 4.74 Å². The Hall–Kier alpha value is -6.65. The lowest BCUT2D eigenvalue weighted by atomic mass is 9.85. The predicted octanol–water partition coefficient (Wildman–Crippen LogP) is 12.2. The van der Waals surface area contributed by atoms with Crippen LogP contribution in [0.5, 0.6) is 5.75 Å². The van der Waals surface area contributed by atoms with Gasteiger partial charge in [0.15, 0.2) is 17.5 Å². The third kappa shape index (κ3) is 5.95. The van der Waals surface area contributed by atoms with Gasteiger partial charge >= 0.3 is 0 Å². The number of hydrogen-bond acceptors (Lipinski definition) is 4. The van der Waals surface area contributed by atoms with Gasteiger partial charge in [-0.1, -0.05) is 164 Å². The van der Waals surface area contributed by atoms with E-state index in [4.69, 9.17) is 19.7 Å². The van der Waals surface area contributed by atoms with E-state index in [1.807, 2.05) is 60.7 Å². The SMILES string of the molecule is CC1(C)Oc2cc(-c3ccc(-c4cccc(-c5ccc(-c6nc(-c7ccccc7)nc(-c7ccccc7)n6)cc5)c4)cc3)ccc2-c2ccccc21. The molecule has 0 saturated carbocycles. The maximum Gasteiger partial charge on any atom is 0.164 e. The van der Waals surface area contributed by atoms with Crippen LogP contribution in [0.15, 0.2) is 176 Å². The fraction of sp³-hybridized carbons (Fsp3) is 0.0625. The molecule has 0 unspecified atom stereocenters. The second kappa shape index (κ2) is 12.9. The molecule has 0 spiro atoms. The van der Waals surface area contributed by atoms with Crippen molar-refractivity contribution in [2.24, 2.45) is 0 Å². The van der Waals surface area contributed by atoms with Crippen molar-refractivity contribution in [3.63, 3.8) is 0 Å². The van der Waals surface area contributed by atoms with Crippen LogP contribution in [-0.4, -0.2) is 15.0 Å². The van der Waals surface area contributed by atoms with Gasteiger partial charge in [-0.15, -0.1) is 0 Å². The third-order valence-electron chi connectivity index (χ3n) is 9.80. The largest absolute Gasteiger partial charge is 0.482 e. The Morgan fingerprint density at radius 1 is 0.346 bits per heavy atom. The lowest BCUT2D eigenvalue weighted by Gasteiger charge is -2.35. The fourth-order valence-corrected chi connectivity index (χ4v) is 7.06. The Balaban J connectivity index is 0.981. The molecule has 1 aliphatic heterocycles. The first-order valence-corrected chi connectivity index (χ1v) is 17.6. The van der Waals surface area contributed by atoms with Crippen molar-refractivity contribution in [1.29, 1.82) is 0 Å². The molecule has 0 atom stereocenters. The van der Waals surface area contributed by atoms with E-state index in [1.165, 1.54) is 16.7 Å². The molecule has 1 aliphatic rings. The van der Waals surface area contributed by atoms with Crippen molar-refractivity contribution in [2.75, 3.05) is 0 Å². The van der Waals surface area contributed by atoms with Crippen molar-refractivity contribution in [3.8, 4) is 84.4 Å². The summed E-state index contributed by atoms with van der Waals surface area (Å²) in [5, 5.41) is 0. The van der Waals surface area contributed by atoms with Crippen LogP contribution >= 0.6 is 0 Å². The maximum atomic E-state index is 6.53. The lowest BCUT2D eigenvalue weighted by Crippen LogP contribution is -2.29. The van der Waals surface area contributed by atoms with Crippen LogP contribution in [0.1, 0.15) is 19.4 Å². The van der Waals surface area contributed by atoms with E-state index >= 15 is 0 Å². The third-order valence-corrected chi connectivity index (χ3v) is 9.80. The quantitative estimate of drug-likeness (QED) is 0.177. The van der Waals surface area contributed by atoms with Gasteiger partial charge in [-0.3, -0.25) is 0 Å². The molecule has 9 rings (SSSR count). The minimum absolute atomic E-state index is 0.387. The normalized spacial score (nSPS) is 12.7. The molecule has 0 aliphatic carbocycles. The van der Waals surface area contributed by atoms with Crippen LogP contribution in [0.2, 0.25) is 0 Å². The van der Waals surface area contributed by atoms with Gasteiger partial charge in [-0.2, -0.15) is 0 Å². The van der Waals surface area contributed by atoms with Crippen LogP contribution in [-0.2, 0) is 5.60 Å². The van der Waals surface area contributed by atoms with Crippen molar-refractivity contribution >= 4 is 0 Å². The molecule has 0 fully saturated rings. The predicted molar refractivity (Wildman–Crippen MR) is 212 cm³/mol. The summed E-state index contributed by atoms with van der Waals surface area (Å²) in [5.41, 5.74) is 13.0.